The van der Waals surface area contributed by atoms with Gasteiger partial charge in [0.15, 0.2) is 0 Å². The summed E-state index contributed by atoms with van der Waals surface area (Å²) in [5, 5.41) is 13.6. The number of benzene rings is 1. The summed E-state index contributed by atoms with van der Waals surface area (Å²) in [5.74, 6) is 1.60. The van der Waals surface area contributed by atoms with Crippen LogP contribution in [0.1, 0.15) is 24.8 Å². The van der Waals surface area contributed by atoms with Gasteiger partial charge in [-0.15, -0.1) is 0 Å². The lowest BCUT2D eigenvalue weighted by Gasteiger charge is -2.08. The molecule has 1 N–H and O–H groups in total. The van der Waals surface area contributed by atoms with Crippen LogP contribution in [-0.4, -0.2) is 22.4 Å². The number of methoxy groups -OCH3 is 1. The van der Waals surface area contributed by atoms with Crippen molar-refractivity contribution >= 4 is 15.9 Å². The van der Waals surface area contributed by atoms with E-state index in [0.717, 1.165) is 12.8 Å². The molecule has 0 aliphatic heterocycles. The molecular formula is C13H13BrN2O3. The molecule has 6 heteroatoms. The molecule has 0 amide bonds. The van der Waals surface area contributed by atoms with Crippen molar-refractivity contribution < 1.29 is 14.4 Å². The first-order chi connectivity index (χ1) is 9.19. The predicted octanol–water partition coefficient (Wildman–Crippen LogP) is 3.30. The largest absolute Gasteiger partial charge is 0.507 e. The monoisotopic (exact) mass is 324 g/mol. The summed E-state index contributed by atoms with van der Waals surface area (Å²) in [6.45, 7) is 0. The molecule has 2 aromatic rings. The highest BCUT2D eigenvalue weighted by Gasteiger charge is 2.35. The van der Waals surface area contributed by atoms with E-state index in [1.807, 2.05) is 0 Å². The molecule has 1 fully saturated rings. The Morgan fingerprint density at radius 3 is 2.89 bits per heavy atom. The molecule has 3 rings (SSSR count). The van der Waals surface area contributed by atoms with E-state index in [4.69, 9.17) is 9.26 Å². The fourth-order valence-electron chi connectivity index (χ4n) is 2.02. The summed E-state index contributed by atoms with van der Waals surface area (Å²) in [6, 6.07) is 5.13. The van der Waals surface area contributed by atoms with Crippen molar-refractivity contribution in [3.8, 4) is 17.2 Å². The van der Waals surface area contributed by atoms with Crippen LogP contribution in [0.3, 0.4) is 0 Å². The van der Waals surface area contributed by atoms with Crippen molar-refractivity contribution in [2.75, 3.05) is 7.11 Å². The number of halogens is 1. The minimum atomic E-state index is -0.0958. The second-order valence-corrected chi connectivity index (χ2v) is 5.47. The van der Waals surface area contributed by atoms with E-state index in [2.05, 4.69) is 26.1 Å². The molecule has 0 spiro atoms. The van der Waals surface area contributed by atoms with Crippen LogP contribution in [0.25, 0.3) is 11.5 Å². The Kier molecular flexibility index (Phi) is 3.28. The smallest absolute Gasteiger partial charge is 0.258 e. The first kappa shape index (κ1) is 12.6. The van der Waals surface area contributed by atoms with Crippen LogP contribution in [-0.2, 0) is 4.74 Å². The van der Waals surface area contributed by atoms with E-state index in [-0.39, 0.29) is 11.9 Å². The maximum atomic E-state index is 9.66. The van der Waals surface area contributed by atoms with Crippen LogP contribution in [0.15, 0.2) is 27.2 Å². The molecule has 1 heterocycles. The highest BCUT2D eigenvalue weighted by atomic mass is 79.9. The van der Waals surface area contributed by atoms with Crippen molar-refractivity contribution in [1.82, 2.24) is 10.1 Å². The molecule has 1 atom stereocenters. The van der Waals surface area contributed by atoms with Gasteiger partial charge in [-0.1, -0.05) is 5.16 Å². The number of aromatic hydroxyl groups is 1. The standard InChI is InChI=1S/C13H13BrN2O3/c1-18-11(7-2-3-7)12-15-13(19-16-12)8-4-5-9(14)10(17)6-8/h4-7,11,17H,2-3H2,1H3. The van der Waals surface area contributed by atoms with Gasteiger partial charge in [-0.2, -0.15) is 4.98 Å². The van der Waals surface area contributed by atoms with Crippen molar-refractivity contribution in [3.63, 3.8) is 0 Å². The Morgan fingerprint density at radius 2 is 2.26 bits per heavy atom. The summed E-state index contributed by atoms with van der Waals surface area (Å²) >= 11 is 3.23. The number of ether oxygens (including phenoxy) is 1. The van der Waals surface area contributed by atoms with Gasteiger partial charge in [0.1, 0.15) is 11.9 Å². The van der Waals surface area contributed by atoms with Crippen LogP contribution in [0, 0.1) is 5.92 Å². The van der Waals surface area contributed by atoms with Crippen LogP contribution >= 0.6 is 15.9 Å². The first-order valence-corrected chi connectivity index (χ1v) is 6.83. The SMILES string of the molecule is COC(c1noc(-c2ccc(Br)c(O)c2)n1)C1CC1. The molecule has 5 nitrogen and oxygen atoms in total. The fraction of sp³-hybridized carbons (Fsp3) is 0.385. The van der Waals surface area contributed by atoms with E-state index in [0.29, 0.717) is 27.7 Å². The Labute approximate surface area is 118 Å². The second kappa shape index (κ2) is 4.94. The Hall–Kier alpha value is -1.40. The van der Waals surface area contributed by atoms with Gasteiger partial charge < -0.3 is 14.4 Å². The molecule has 1 aromatic heterocycles. The van der Waals surface area contributed by atoms with Gasteiger partial charge >= 0.3 is 0 Å². The molecule has 1 aliphatic carbocycles. The van der Waals surface area contributed by atoms with Gasteiger partial charge in [0, 0.05) is 12.7 Å². The zero-order chi connectivity index (χ0) is 13.4. The molecule has 0 radical (unpaired) electrons. The summed E-state index contributed by atoms with van der Waals surface area (Å²) in [6.07, 6.45) is 2.18. The minimum Gasteiger partial charge on any atom is -0.507 e. The topological polar surface area (TPSA) is 68.4 Å². The van der Waals surface area contributed by atoms with E-state index >= 15 is 0 Å². The summed E-state index contributed by atoms with van der Waals surface area (Å²) < 4.78 is 11.3. The third kappa shape index (κ3) is 2.50. The van der Waals surface area contributed by atoms with Crippen LogP contribution in [0.4, 0.5) is 0 Å². The molecule has 1 aromatic carbocycles. The quantitative estimate of drug-likeness (QED) is 0.934. The van der Waals surface area contributed by atoms with Gasteiger partial charge in [0.2, 0.25) is 5.82 Å². The molecule has 19 heavy (non-hydrogen) atoms. The van der Waals surface area contributed by atoms with E-state index in [1.165, 1.54) is 0 Å². The second-order valence-electron chi connectivity index (χ2n) is 4.62. The van der Waals surface area contributed by atoms with E-state index in [9.17, 15) is 5.11 Å². The molecule has 1 saturated carbocycles. The third-order valence-electron chi connectivity index (χ3n) is 3.19. The lowest BCUT2D eigenvalue weighted by molar-refractivity contribution is 0.0751. The number of hydrogen-bond acceptors (Lipinski definition) is 5. The van der Waals surface area contributed by atoms with E-state index in [1.54, 1.807) is 25.3 Å². The van der Waals surface area contributed by atoms with Gasteiger partial charge in [-0.3, -0.25) is 0 Å². The average Bonchev–Trinajstić information content (AvgIpc) is 3.11. The molecule has 100 valence electrons. The van der Waals surface area contributed by atoms with Gasteiger partial charge in [-0.05, 0) is 52.9 Å². The number of phenolic OH excluding ortho intramolecular Hbond substituents is 1. The van der Waals surface area contributed by atoms with Crippen molar-refractivity contribution in [1.29, 1.82) is 0 Å². The summed E-state index contributed by atoms with van der Waals surface area (Å²) in [7, 11) is 1.66. The van der Waals surface area contributed by atoms with Crippen LogP contribution < -0.4 is 0 Å². The number of phenols is 1. The maximum absolute atomic E-state index is 9.66. The maximum Gasteiger partial charge on any atom is 0.258 e. The highest BCUT2D eigenvalue weighted by Crippen LogP contribution is 2.42. The predicted molar refractivity (Wildman–Crippen MR) is 71.6 cm³/mol. The van der Waals surface area contributed by atoms with Gasteiger partial charge in [0.25, 0.3) is 5.89 Å². The van der Waals surface area contributed by atoms with Crippen molar-refractivity contribution in [3.05, 3.63) is 28.5 Å². The van der Waals surface area contributed by atoms with Crippen molar-refractivity contribution in [2.45, 2.75) is 18.9 Å². The van der Waals surface area contributed by atoms with Crippen LogP contribution in [0.2, 0.25) is 0 Å². The zero-order valence-corrected chi connectivity index (χ0v) is 11.9. The first-order valence-electron chi connectivity index (χ1n) is 6.04. The Bertz CT molecular complexity index is 595. The molecule has 1 aliphatic rings. The summed E-state index contributed by atoms with van der Waals surface area (Å²) in [4.78, 5) is 4.35. The zero-order valence-electron chi connectivity index (χ0n) is 10.3. The summed E-state index contributed by atoms with van der Waals surface area (Å²) in [5.41, 5.74) is 0.685. The normalized spacial score (nSPS) is 16.5. The molecular weight excluding hydrogens is 312 g/mol. The minimum absolute atomic E-state index is 0.0958. The molecule has 0 bridgehead atoms. The van der Waals surface area contributed by atoms with E-state index < -0.39 is 0 Å². The lowest BCUT2D eigenvalue weighted by Crippen LogP contribution is -2.05. The fourth-order valence-corrected chi connectivity index (χ4v) is 2.27. The van der Waals surface area contributed by atoms with Crippen LogP contribution in [0.5, 0.6) is 5.75 Å². The number of aromatic nitrogens is 2. The number of rotatable bonds is 4. The van der Waals surface area contributed by atoms with Gasteiger partial charge in [0.05, 0.1) is 4.47 Å². The lowest BCUT2D eigenvalue weighted by atomic mass is 10.2. The highest BCUT2D eigenvalue weighted by molar-refractivity contribution is 9.10. The number of hydrogen-bond donors (Lipinski definition) is 1. The Balaban J connectivity index is 1.89. The molecule has 1 unspecified atom stereocenters. The molecule has 0 saturated heterocycles. The average molecular weight is 325 g/mol. The van der Waals surface area contributed by atoms with Crippen molar-refractivity contribution in [2.24, 2.45) is 5.92 Å². The van der Waals surface area contributed by atoms with Gasteiger partial charge in [-0.25, -0.2) is 0 Å². The number of nitrogens with zero attached hydrogens (tertiary/aromatic N) is 2. The Morgan fingerprint density at radius 1 is 1.47 bits per heavy atom. The third-order valence-corrected chi connectivity index (χ3v) is 3.86.